The molecule has 0 saturated heterocycles. The average molecular weight is 356 g/mol. The number of hydrogen-bond donors (Lipinski definition) is 0. The minimum Gasteiger partial charge on any atom is -0.497 e. The number of esters is 1. The normalized spacial score (nSPS) is 29.1. The van der Waals surface area contributed by atoms with Crippen molar-refractivity contribution in [2.75, 3.05) is 7.11 Å². The molecule has 26 heavy (non-hydrogen) atoms. The molecule has 0 aliphatic heterocycles. The Hall–Kier alpha value is -2.30. The van der Waals surface area contributed by atoms with E-state index in [-0.39, 0.29) is 22.5 Å². The summed E-state index contributed by atoms with van der Waals surface area (Å²) in [6, 6.07) is 6.63. The van der Waals surface area contributed by atoms with Crippen molar-refractivity contribution in [2.45, 2.75) is 46.1 Å². The molecule has 138 valence electrons. The van der Waals surface area contributed by atoms with E-state index in [1.165, 1.54) is 12.5 Å². The first-order chi connectivity index (χ1) is 12.3. The van der Waals surface area contributed by atoms with Crippen LogP contribution in [0.4, 0.5) is 0 Å². The Labute approximate surface area is 152 Å². The Morgan fingerprint density at radius 1 is 1.23 bits per heavy atom. The molecule has 2 aliphatic carbocycles. The van der Waals surface area contributed by atoms with Gasteiger partial charge in [-0.25, -0.2) is 9.59 Å². The number of carbonyl (C=O) groups is 1. The Morgan fingerprint density at radius 3 is 2.62 bits per heavy atom. The van der Waals surface area contributed by atoms with E-state index in [0.29, 0.717) is 22.6 Å². The molecule has 0 radical (unpaired) electrons. The van der Waals surface area contributed by atoms with Crippen LogP contribution < -0.4 is 10.4 Å². The maximum atomic E-state index is 12.7. The highest BCUT2D eigenvalue weighted by Gasteiger charge is 2.62. The monoisotopic (exact) mass is 356 g/mol. The Balaban J connectivity index is 1.65. The molecule has 2 saturated carbocycles. The fourth-order valence-electron chi connectivity index (χ4n) is 4.87. The molecular weight excluding hydrogens is 332 g/mol. The van der Waals surface area contributed by atoms with Crippen LogP contribution >= 0.6 is 0 Å². The lowest BCUT2D eigenvalue weighted by Crippen LogP contribution is -2.38. The zero-order valence-corrected chi connectivity index (χ0v) is 15.6. The summed E-state index contributed by atoms with van der Waals surface area (Å²) in [5, 5.41) is 0.635. The lowest BCUT2D eigenvalue weighted by atomic mass is 9.70. The average Bonchev–Trinajstić information content (AvgIpc) is 2.94. The van der Waals surface area contributed by atoms with Gasteiger partial charge in [-0.3, -0.25) is 0 Å². The van der Waals surface area contributed by atoms with E-state index in [0.717, 1.165) is 12.8 Å². The fourth-order valence-corrected chi connectivity index (χ4v) is 4.87. The van der Waals surface area contributed by atoms with Crippen molar-refractivity contribution in [1.82, 2.24) is 0 Å². The highest BCUT2D eigenvalue weighted by Crippen LogP contribution is 2.66. The molecule has 2 fully saturated rings. The van der Waals surface area contributed by atoms with Gasteiger partial charge in [0, 0.05) is 10.8 Å². The molecule has 1 aromatic carbocycles. The predicted octanol–water partition coefficient (Wildman–Crippen LogP) is 4.17. The van der Waals surface area contributed by atoms with Crippen molar-refractivity contribution in [2.24, 2.45) is 16.7 Å². The van der Waals surface area contributed by atoms with Crippen LogP contribution in [0.5, 0.6) is 5.75 Å². The van der Waals surface area contributed by atoms with E-state index in [1.807, 2.05) is 0 Å². The van der Waals surface area contributed by atoms with Gasteiger partial charge in [0.2, 0.25) is 0 Å². The standard InChI is InChI=1S/C21H24O5/c1-20(2)13-7-8-21(20,3)17(11-13)26-19(23)15-10-12-9-14(24-4)5-6-16(12)25-18(15)22/h5-6,9-10,13,17H,7-8,11H2,1-4H3/t13-,17+,21-/m1/s1. The highest BCUT2D eigenvalue weighted by atomic mass is 16.5. The molecule has 1 heterocycles. The minimum atomic E-state index is -0.666. The van der Waals surface area contributed by atoms with Gasteiger partial charge >= 0.3 is 11.6 Å². The SMILES string of the molecule is COc1ccc2oc(=O)c(C(=O)O[C@H]3C[C@H]4CC[C@@]3(C)C4(C)C)cc2c1. The van der Waals surface area contributed by atoms with Crippen LogP contribution in [0.25, 0.3) is 11.0 Å². The van der Waals surface area contributed by atoms with Crippen LogP contribution in [0.15, 0.2) is 33.5 Å². The van der Waals surface area contributed by atoms with Crippen molar-refractivity contribution in [3.05, 3.63) is 40.2 Å². The summed E-state index contributed by atoms with van der Waals surface area (Å²) in [7, 11) is 1.56. The van der Waals surface area contributed by atoms with Crippen LogP contribution in [0.2, 0.25) is 0 Å². The lowest BCUT2D eigenvalue weighted by molar-refractivity contribution is -0.0245. The maximum absolute atomic E-state index is 12.7. The van der Waals surface area contributed by atoms with Gasteiger partial charge in [0.15, 0.2) is 0 Å². The summed E-state index contributed by atoms with van der Waals surface area (Å²) >= 11 is 0. The first kappa shape index (κ1) is 17.1. The van der Waals surface area contributed by atoms with Gasteiger partial charge in [-0.05, 0) is 54.9 Å². The van der Waals surface area contributed by atoms with Crippen LogP contribution in [-0.2, 0) is 4.74 Å². The van der Waals surface area contributed by atoms with E-state index in [1.54, 1.807) is 25.3 Å². The molecule has 5 nitrogen and oxygen atoms in total. The van der Waals surface area contributed by atoms with E-state index >= 15 is 0 Å². The van der Waals surface area contributed by atoms with Crippen LogP contribution in [0.3, 0.4) is 0 Å². The molecule has 0 spiro atoms. The molecule has 3 atom stereocenters. The number of fused-ring (bicyclic) bond motifs is 3. The van der Waals surface area contributed by atoms with Crippen LogP contribution in [0.1, 0.15) is 50.4 Å². The summed E-state index contributed by atoms with van der Waals surface area (Å²) in [5.74, 6) is 0.591. The summed E-state index contributed by atoms with van der Waals surface area (Å²) in [4.78, 5) is 25.0. The third-order valence-corrected chi connectivity index (χ3v) is 7.12. The summed E-state index contributed by atoms with van der Waals surface area (Å²) < 4.78 is 16.3. The molecule has 2 aliphatic rings. The van der Waals surface area contributed by atoms with E-state index < -0.39 is 11.6 Å². The van der Waals surface area contributed by atoms with Gasteiger partial charge in [-0.2, -0.15) is 0 Å². The van der Waals surface area contributed by atoms with Gasteiger partial charge in [-0.15, -0.1) is 0 Å². The summed E-state index contributed by atoms with van der Waals surface area (Å²) in [5.41, 5.74) is -0.219. The van der Waals surface area contributed by atoms with E-state index in [2.05, 4.69) is 20.8 Å². The number of hydrogen-bond acceptors (Lipinski definition) is 5. The smallest absolute Gasteiger partial charge is 0.351 e. The lowest BCUT2D eigenvalue weighted by Gasteiger charge is -2.38. The van der Waals surface area contributed by atoms with Crippen LogP contribution in [0, 0.1) is 16.7 Å². The van der Waals surface area contributed by atoms with Crippen molar-refractivity contribution in [1.29, 1.82) is 0 Å². The quantitative estimate of drug-likeness (QED) is 0.610. The first-order valence-electron chi connectivity index (χ1n) is 9.09. The molecule has 2 bridgehead atoms. The van der Waals surface area contributed by atoms with Gasteiger partial charge in [0.1, 0.15) is 23.0 Å². The zero-order chi connectivity index (χ0) is 18.7. The third-order valence-electron chi connectivity index (χ3n) is 7.12. The predicted molar refractivity (Wildman–Crippen MR) is 97.5 cm³/mol. The number of benzene rings is 1. The Kier molecular flexibility index (Phi) is 3.69. The molecule has 4 rings (SSSR count). The second kappa shape index (κ2) is 5.60. The maximum Gasteiger partial charge on any atom is 0.351 e. The first-order valence-corrected chi connectivity index (χ1v) is 9.09. The number of carbonyl (C=O) groups excluding carboxylic acids is 1. The van der Waals surface area contributed by atoms with Crippen molar-refractivity contribution < 1.29 is 18.7 Å². The number of rotatable bonds is 3. The molecule has 5 heteroatoms. The van der Waals surface area contributed by atoms with Gasteiger partial charge < -0.3 is 13.9 Å². The molecule has 0 N–H and O–H groups in total. The summed E-state index contributed by atoms with van der Waals surface area (Å²) in [6.45, 7) is 6.72. The minimum absolute atomic E-state index is 0.0480. The van der Waals surface area contributed by atoms with E-state index in [4.69, 9.17) is 13.9 Å². The molecule has 2 aromatic rings. The number of methoxy groups -OCH3 is 1. The van der Waals surface area contributed by atoms with Gasteiger partial charge in [0.05, 0.1) is 7.11 Å². The largest absolute Gasteiger partial charge is 0.497 e. The second-order valence-corrected chi connectivity index (χ2v) is 8.36. The molecule has 1 aromatic heterocycles. The van der Waals surface area contributed by atoms with Gasteiger partial charge in [0.25, 0.3) is 0 Å². The molecule has 0 amide bonds. The van der Waals surface area contributed by atoms with Crippen molar-refractivity contribution in [3.63, 3.8) is 0 Å². The zero-order valence-electron chi connectivity index (χ0n) is 15.6. The number of ether oxygens (including phenoxy) is 2. The highest BCUT2D eigenvalue weighted by molar-refractivity contribution is 5.93. The van der Waals surface area contributed by atoms with Crippen molar-refractivity contribution >= 4 is 16.9 Å². The molecule has 0 unspecified atom stereocenters. The third kappa shape index (κ3) is 2.29. The fraction of sp³-hybridized carbons (Fsp3) is 0.524. The van der Waals surface area contributed by atoms with Crippen LogP contribution in [-0.4, -0.2) is 19.2 Å². The summed E-state index contributed by atoms with van der Waals surface area (Å²) in [6.07, 6.45) is 2.92. The Morgan fingerprint density at radius 2 is 2.00 bits per heavy atom. The second-order valence-electron chi connectivity index (χ2n) is 8.36. The molecular formula is C21H24O5. The van der Waals surface area contributed by atoms with Crippen molar-refractivity contribution in [3.8, 4) is 5.75 Å². The van der Waals surface area contributed by atoms with E-state index in [9.17, 15) is 9.59 Å². The van der Waals surface area contributed by atoms with Gasteiger partial charge in [-0.1, -0.05) is 20.8 Å². The Bertz CT molecular complexity index is 941. The topological polar surface area (TPSA) is 65.7 Å².